The van der Waals surface area contributed by atoms with Crippen molar-refractivity contribution < 1.29 is 9.90 Å². The normalized spacial score (nSPS) is 11.2. The van der Waals surface area contributed by atoms with Crippen molar-refractivity contribution in [1.82, 2.24) is 25.1 Å². The third kappa shape index (κ3) is 8.97. The zero-order valence-corrected chi connectivity index (χ0v) is 18.4. The number of hydrogen-bond donors (Lipinski definition) is 3. The molecule has 7 heteroatoms. The molecule has 166 valence electrons. The third-order valence-corrected chi connectivity index (χ3v) is 5.08. The van der Waals surface area contributed by atoms with Crippen LogP contribution >= 0.6 is 0 Å². The summed E-state index contributed by atoms with van der Waals surface area (Å²) in [5, 5.41) is 12.9. The Morgan fingerprint density at radius 2 is 1.67 bits per heavy atom. The fourth-order valence-corrected chi connectivity index (χ4v) is 3.55. The van der Waals surface area contributed by atoms with Gasteiger partial charge in [0, 0.05) is 32.0 Å². The number of carbonyl (C=O) groups is 1. The Balaban J connectivity index is 1.73. The van der Waals surface area contributed by atoms with E-state index in [2.05, 4.69) is 46.2 Å². The minimum atomic E-state index is -0.849. The first-order chi connectivity index (χ1) is 14.6. The molecular formula is C23H37N5O2. The number of rotatable bonds is 15. The molecule has 0 aliphatic rings. The van der Waals surface area contributed by atoms with Gasteiger partial charge < -0.3 is 25.2 Å². The van der Waals surface area contributed by atoms with Gasteiger partial charge in [-0.3, -0.25) is 0 Å². The van der Waals surface area contributed by atoms with E-state index in [1.54, 1.807) is 6.20 Å². The highest BCUT2D eigenvalue weighted by Gasteiger charge is 2.12. The second-order valence-corrected chi connectivity index (χ2v) is 7.71. The second-order valence-electron chi connectivity index (χ2n) is 7.71. The van der Waals surface area contributed by atoms with E-state index < -0.39 is 6.09 Å². The summed E-state index contributed by atoms with van der Waals surface area (Å²) in [4.78, 5) is 22.9. The quantitative estimate of drug-likeness (QED) is 0.382. The van der Waals surface area contributed by atoms with Gasteiger partial charge in [-0.25, -0.2) is 9.78 Å². The van der Waals surface area contributed by atoms with E-state index in [0.29, 0.717) is 19.6 Å². The predicted molar refractivity (Wildman–Crippen MR) is 120 cm³/mol. The van der Waals surface area contributed by atoms with Gasteiger partial charge in [0.25, 0.3) is 0 Å². The molecule has 1 aromatic heterocycles. The van der Waals surface area contributed by atoms with Gasteiger partial charge in [0.15, 0.2) is 0 Å². The Kier molecular flexibility index (Phi) is 11.0. The number of imidazole rings is 1. The van der Waals surface area contributed by atoms with Gasteiger partial charge in [-0.2, -0.15) is 0 Å². The van der Waals surface area contributed by atoms with Crippen molar-refractivity contribution in [2.75, 3.05) is 26.2 Å². The van der Waals surface area contributed by atoms with Gasteiger partial charge in [-0.15, -0.1) is 0 Å². The average Bonchev–Trinajstić information content (AvgIpc) is 3.25. The van der Waals surface area contributed by atoms with Crippen LogP contribution in [0.5, 0.6) is 0 Å². The van der Waals surface area contributed by atoms with Gasteiger partial charge in [0.1, 0.15) is 5.82 Å². The van der Waals surface area contributed by atoms with Crippen LogP contribution in [-0.2, 0) is 19.6 Å². The molecule has 0 radical (unpaired) electrons. The first-order valence-electron chi connectivity index (χ1n) is 11.1. The molecule has 0 spiro atoms. The molecule has 0 bridgehead atoms. The molecule has 0 saturated carbocycles. The largest absolute Gasteiger partial charge is 0.465 e. The van der Waals surface area contributed by atoms with Gasteiger partial charge >= 0.3 is 6.09 Å². The van der Waals surface area contributed by atoms with Gasteiger partial charge in [0.2, 0.25) is 0 Å². The molecule has 0 aliphatic heterocycles. The third-order valence-electron chi connectivity index (χ3n) is 5.08. The molecule has 3 N–H and O–H groups in total. The first-order valence-corrected chi connectivity index (χ1v) is 11.1. The standard InChI is InChI=1S/C23H37N5O2/c1-3-13-27(14-4-2)15-5-6-16-28(23(29)30)19-21-9-7-20(8-10-21)17-24-18-22-25-11-12-26-22/h7-12,24H,3-6,13-19H2,1-2H3,(H,25,26)(H,29,30). The molecule has 0 unspecified atom stereocenters. The molecule has 30 heavy (non-hydrogen) atoms. The number of nitrogens with one attached hydrogen (secondary N) is 2. The molecule has 2 aromatic rings. The van der Waals surface area contributed by atoms with E-state index in [1.807, 2.05) is 18.3 Å². The lowest BCUT2D eigenvalue weighted by molar-refractivity contribution is 0.140. The molecule has 0 atom stereocenters. The Bertz CT molecular complexity index is 697. The maximum absolute atomic E-state index is 11.7. The lowest BCUT2D eigenvalue weighted by Crippen LogP contribution is -2.31. The lowest BCUT2D eigenvalue weighted by atomic mass is 10.1. The molecule has 2 rings (SSSR count). The average molecular weight is 416 g/mol. The molecule has 1 heterocycles. The zero-order chi connectivity index (χ0) is 21.6. The lowest BCUT2D eigenvalue weighted by Gasteiger charge is -2.23. The number of unbranched alkanes of at least 4 members (excludes halogenated alkanes) is 1. The van der Waals surface area contributed by atoms with Crippen molar-refractivity contribution in [3.05, 3.63) is 53.6 Å². The Labute approximate surface area is 180 Å². The second kappa shape index (κ2) is 13.8. The molecule has 1 amide bonds. The highest BCUT2D eigenvalue weighted by atomic mass is 16.4. The van der Waals surface area contributed by atoms with Crippen molar-refractivity contribution >= 4 is 6.09 Å². The number of H-pyrrole nitrogens is 1. The predicted octanol–water partition coefficient (Wildman–Crippen LogP) is 4.08. The summed E-state index contributed by atoms with van der Waals surface area (Å²) < 4.78 is 0. The smallest absolute Gasteiger partial charge is 0.407 e. The van der Waals surface area contributed by atoms with Crippen LogP contribution in [-0.4, -0.2) is 57.1 Å². The zero-order valence-electron chi connectivity index (χ0n) is 18.4. The molecule has 7 nitrogen and oxygen atoms in total. The highest BCUT2D eigenvalue weighted by molar-refractivity contribution is 5.65. The molecule has 0 aliphatic carbocycles. The van der Waals surface area contributed by atoms with Crippen molar-refractivity contribution in [2.24, 2.45) is 0 Å². The van der Waals surface area contributed by atoms with Crippen molar-refractivity contribution in [1.29, 1.82) is 0 Å². The monoisotopic (exact) mass is 415 g/mol. The molecule has 0 fully saturated rings. The Morgan fingerprint density at radius 1 is 1.00 bits per heavy atom. The first kappa shape index (κ1) is 23.9. The Morgan fingerprint density at radius 3 is 2.27 bits per heavy atom. The maximum atomic E-state index is 11.7. The number of amides is 1. The van der Waals surface area contributed by atoms with E-state index in [-0.39, 0.29) is 0 Å². The number of aromatic nitrogens is 2. The van der Waals surface area contributed by atoms with Crippen molar-refractivity contribution in [3.63, 3.8) is 0 Å². The fourth-order valence-electron chi connectivity index (χ4n) is 3.55. The van der Waals surface area contributed by atoms with E-state index in [9.17, 15) is 9.90 Å². The summed E-state index contributed by atoms with van der Waals surface area (Å²) in [6, 6.07) is 8.14. The molecular weight excluding hydrogens is 378 g/mol. The van der Waals surface area contributed by atoms with Gasteiger partial charge in [-0.1, -0.05) is 38.1 Å². The van der Waals surface area contributed by atoms with E-state index in [0.717, 1.165) is 63.3 Å². The van der Waals surface area contributed by atoms with Crippen LogP contribution in [0.4, 0.5) is 4.79 Å². The summed E-state index contributed by atoms with van der Waals surface area (Å²) >= 11 is 0. The minimum absolute atomic E-state index is 0.434. The van der Waals surface area contributed by atoms with Crippen molar-refractivity contribution in [3.8, 4) is 0 Å². The summed E-state index contributed by atoms with van der Waals surface area (Å²) in [5.41, 5.74) is 2.19. The van der Waals surface area contributed by atoms with Crippen LogP contribution < -0.4 is 5.32 Å². The SMILES string of the molecule is CCCN(CCC)CCCCN(Cc1ccc(CNCc2ncc[nH]2)cc1)C(=O)O. The fraction of sp³-hybridized carbons (Fsp3) is 0.565. The Hall–Kier alpha value is -2.38. The maximum Gasteiger partial charge on any atom is 0.407 e. The van der Waals surface area contributed by atoms with Crippen LogP contribution in [0.2, 0.25) is 0 Å². The van der Waals surface area contributed by atoms with E-state index >= 15 is 0 Å². The molecule has 0 saturated heterocycles. The summed E-state index contributed by atoms with van der Waals surface area (Å²) in [6.07, 6.45) is 6.96. The molecule has 1 aromatic carbocycles. The number of carboxylic acid groups (broad SMARTS) is 1. The van der Waals surface area contributed by atoms with Crippen LogP contribution in [0.15, 0.2) is 36.7 Å². The summed E-state index contributed by atoms with van der Waals surface area (Å²) in [6.45, 7) is 10.2. The van der Waals surface area contributed by atoms with Crippen LogP contribution in [0, 0.1) is 0 Å². The number of hydrogen-bond acceptors (Lipinski definition) is 4. The topological polar surface area (TPSA) is 84.5 Å². The van der Waals surface area contributed by atoms with E-state index in [1.165, 1.54) is 10.5 Å². The van der Waals surface area contributed by atoms with Crippen LogP contribution in [0.25, 0.3) is 0 Å². The highest BCUT2D eigenvalue weighted by Crippen LogP contribution is 2.10. The summed E-state index contributed by atoms with van der Waals surface area (Å²) in [7, 11) is 0. The van der Waals surface area contributed by atoms with Gasteiger partial charge in [0.05, 0.1) is 6.54 Å². The van der Waals surface area contributed by atoms with Crippen LogP contribution in [0.3, 0.4) is 0 Å². The van der Waals surface area contributed by atoms with Gasteiger partial charge in [-0.05, 0) is 56.4 Å². The minimum Gasteiger partial charge on any atom is -0.465 e. The van der Waals surface area contributed by atoms with Crippen molar-refractivity contribution in [2.45, 2.75) is 59.2 Å². The number of benzene rings is 1. The van der Waals surface area contributed by atoms with Crippen LogP contribution in [0.1, 0.15) is 56.5 Å². The number of aromatic amines is 1. The summed E-state index contributed by atoms with van der Waals surface area (Å²) in [5.74, 6) is 0.913. The van der Waals surface area contributed by atoms with E-state index in [4.69, 9.17) is 0 Å². The number of nitrogens with zero attached hydrogens (tertiary/aromatic N) is 3.